The van der Waals surface area contributed by atoms with Gasteiger partial charge in [0, 0.05) is 49.4 Å². The zero-order valence-corrected chi connectivity index (χ0v) is 12.0. The molecule has 1 N–H and O–H groups in total. The second-order valence-corrected chi connectivity index (χ2v) is 5.94. The van der Waals surface area contributed by atoms with Crippen LogP contribution >= 0.6 is 11.6 Å². The minimum atomic E-state index is -0.346. The Morgan fingerprint density at radius 2 is 2.05 bits per heavy atom. The molecule has 1 atom stereocenters. The highest BCUT2D eigenvalue weighted by Gasteiger charge is 2.38. The van der Waals surface area contributed by atoms with Crippen LogP contribution in [0.5, 0.6) is 0 Å². The standard InChI is InChI=1S/C14H18ClN3O2/c15-13-4-3-11(18(19)20)9-12(13)14(10-1-2-10)17-7-5-16-6-8-17/h3-4,9-10,14,16H,1-2,5-8H2/t14-/m0/s1. The number of nitro benzene ring substituents is 1. The molecule has 0 aromatic heterocycles. The first-order valence-corrected chi connectivity index (χ1v) is 7.43. The third-order valence-electron chi connectivity index (χ3n) is 4.12. The molecule has 0 amide bonds. The summed E-state index contributed by atoms with van der Waals surface area (Å²) in [6, 6.07) is 5.03. The van der Waals surface area contributed by atoms with Crippen molar-refractivity contribution in [3.8, 4) is 0 Å². The van der Waals surface area contributed by atoms with E-state index in [9.17, 15) is 10.1 Å². The van der Waals surface area contributed by atoms with E-state index in [2.05, 4.69) is 10.2 Å². The highest BCUT2D eigenvalue weighted by atomic mass is 35.5. The first kappa shape index (κ1) is 13.8. The molecule has 0 unspecified atom stereocenters. The van der Waals surface area contributed by atoms with E-state index in [4.69, 9.17) is 11.6 Å². The second-order valence-electron chi connectivity index (χ2n) is 5.53. The van der Waals surface area contributed by atoms with Gasteiger partial charge in [-0.05, 0) is 30.4 Å². The molecule has 1 aromatic rings. The van der Waals surface area contributed by atoms with Gasteiger partial charge >= 0.3 is 0 Å². The molecule has 0 radical (unpaired) electrons. The van der Waals surface area contributed by atoms with E-state index in [-0.39, 0.29) is 16.7 Å². The van der Waals surface area contributed by atoms with Crippen LogP contribution in [0.2, 0.25) is 5.02 Å². The van der Waals surface area contributed by atoms with Gasteiger partial charge in [0.05, 0.1) is 4.92 Å². The van der Waals surface area contributed by atoms with Gasteiger partial charge in [0.1, 0.15) is 0 Å². The summed E-state index contributed by atoms with van der Waals surface area (Å²) in [5.41, 5.74) is 1.05. The zero-order valence-electron chi connectivity index (χ0n) is 11.2. The van der Waals surface area contributed by atoms with E-state index in [1.807, 2.05) is 0 Å². The van der Waals surface area contributed by atoms with Crippen molar-refractivity contribution in [1.29, 1.82) is 0 Å². The number of rotatable bonds is 4. The topological polar surface area (TPSA) is 58.4 Å². The SMILES string of the molecule is O=[N+]([O-])c1ccc(Cl)c([C@H](C2CC2)N2CCNCC2)c1. The number of hydrogen-bond donors (Lipinski definition) is 1. The highest BCUT2D eigenvalue weighted by Crippen LogP contribution is 2.47. The molecule has 108 valence electrons. The van der Waals surface area contributed by atoms with Gasteiger partial charge < -0.3 is 5.32 Å². The fraction of sp³-hybridized carbons (Fsp3) is 0.571. The number of non-ortho nitro benzene ring substituents is 1. The molecule has 1 aliphatic carbocycles. The smallest absolute Gasteiger partial charge is 0.269 e. The van der Waals surface area contributed by atoms with E-state index < -0.39 is 0 Å². The molecule has 1 saturated carbocycles. The predicted octanol–water partition coefficient (Wildman–Crippen LogP) is 2.60. The predicted molar refractivity (Wildman–Crippen MR) is 78.0 cm³/mol. The summed E-state index contributed by atoms with van der Waals surface area (Å²) in [4.78, 5) is 13.1. The molecule has 5 nitrogen and oxygen atoms in total. The Hall–Kier alpha value is -1.17. The van der Waals surface area contributed by atoms with Gasteiger partial charge in [-0.2, -0.15) is 0 Å². The van der Waals surface area contributed by atoms with Crippen LogP contribution in [-0.4, -0.2) is 36.0 Å². The van der Waals surface area contributed by atoms with E-state index >= 15 is 0 Å². The summed E-state index contributed by atoms with van der Waals surface area (Å²) in [5, 5.41) is 15.0. The van der Waals surface area contributed by atoms with Gasteiger partial charge in [0.2, 0.25) is 0 Å². The van der Waals surface area contributed by atoms with E-state index in [1.165, 1.54) is 18.9 Å². The van der Waals surface area contributed by atoms with Crippen molar-refractivity contribution in [1.82, 2.24) is 10.2 Å². The molecule has 0 spiro atoms. The van der Waals surface area contributed by atoms with Gasteiger partial charge in [-0.15, -0.1) is 0 Å². The fourth-order valence-corrected chi connectivity index (χ4v) is 3.22. The van der Waals surface area contributed by atoms with Gasteiger partial charge in [-0.1, -0.05) is 11.6 Å². The molecule has 1 aliphatic heterocycles. The Kier molecular flexibility index (Phi) is 3.92. The quantitative estimate of drug-likeness (QED) is 0.685. The second kappa shape index (κ2) is 5.68. The molecule has 2 aliphatic rings. The Labute approximate surface area is 123 Å². The van der Waals surface area contributed by atoms with E-state index in [0.717, 1.165) is 31.7 Å². The number of nitrogens with one attached hydrogen (secondary N) is 1. The van der Waals surface area contributed by atoms with Crippen molar-refractivity contribution in [3.63, 3.8) is 0 Å². The minimum Gasteiger partial charge on any atom is -0.314 e. The normalized spacial score (nSPS) is 21.6. The third kappa shape index (κ3) is 2.80. The van der Waals surface area contributed by atoms with Crippen LogP contribution in [-0.2, 0) is 0 Å². The minimum absolute atomic E-state index is 0.130. The average Bonchev–Trinajstić information content (AvgIpc) is 3.27. The summed E-state index contributed by atoms with van der Waals surface area (Å²) in [6.07, 6.45) is 2.38. The number of benzene rings is 1. The van der Waals surface area contributed by atoms with Crippen molar-refractivity contribution < 1.29 is 4.92 Å². The monoisotopic (exact) mass is 295 g/mol. The van der Waals surface area contributed by atoms with Crippen LogP contribution in [0, 0.1) is 16.0 Å². The first-order valence-electron chi connectivity index (χ1n) is 7.05. The third-order valence-corrected chi connectivity index (χ3v) is 4.47. The lowest BCUT2D eigenvalue weighted by atomic mass is 9.99. The van der Waals surface area contributed by atoms with Crippen molar-refractivity contribution in [3.05, 3.63) is 38.9 Å². The van der Waals surface area contributed by atoms with Crippen molar-refractivity contribution >= 4 is 17.3 Å². The number of halogens is 1. The molecular formula is C14H18ClN3O2. The maximum absolute atomic E-state index is 11.0. The van der Waals surface area contributed by atoms with Gasteiger partial charge in [-0.3, -0.25) is 15.0 Å². The van der Waals surface area contributed by atoms with Crippen LogP contribution in [0.15, 0.2) is 18.2 Å². The fourth-order valence-electron chi connectivity index (χ4n) is 2.99. The summed E-state index contributed by atoms with van der Waals surface area (Å²) in [6.45, 7) is 3.88. The number of piperazine rings is 1. The molecule has 3 rings (SSSR count). The summed E-state index contributed by atoms with van der Waals surface area (Å²) < 4.78 is 0. The zero-order chi connectivity index (χ0) is 14.1. The summed E-state index contributed by atoms with van der Waals surface area (Å²) >= 11 is 6.32. The summed E-state index contributed by atoms with van der Waals surface area (Å²) in [7, 11) is 0. The Morgan fingerprint density at radius 1 is 1.35 bits per heavy atom. The first-order chi connectivity index (χ1) is 9.66. The summed E-state index contributed by atoms with van der Waals surface area (Å²) in [5.74, 6) is 0.590. The van der Waals surface area contributed by atoms with Gasteiger partial charge in [0.15, 0.2) is 0 Å². The van der Waals surface area contributed by atoms with Crippen LogP contribution in [0.1, 0.15) is 24.4 Å². The molecule has 1 heterocycles. The molecule has 20 heavy (non-hydrogen) atoms. The molecule has 1 aromatic carbocycles. The molecule has 6 heteroatoms. The molecule has 1 saturated heterocycles. The molecular weight excluding hydrogens is 278 g/mol. The average molecular weight is 296 g/mol. The van der Waals surface area contributed by atoms with E-state index in [1.54, 1.807) is 12.1 Å². The lowest BCUT2D eigenvalue weighted by Crippen LogP contribution is -2.45. The van der Waals surface area contributed by atoms with Crippen LogP contribution in [0.3, 0.4) is 0 Å². The van der Waals surface area contributed by atoms with Gasteiger partial charge in [-0.25, -0.2) is 0 Å². The lowest BCUT2D eigenvalue weighted by molar-refractivity contribution is -0.385. The number of nitrogens with zero attached hydrogens (tertiary/aromatic N) is 2. The van der Waals surface area contributed by atoms with Crippen LogP contribution in [0.25, 0.3) is 0 Å². The van der Waals surface area contributed by atoms with Crippen molar-refractivity contribution in [2.24, 2.45) is 5.92 Å². The number of nitro groups is 1. The Balaban J connectivity index is 1.94. The highest BCUT2D eigenvalue weighted by molar-refractivity contribution is 6.31. The van der Waals surface area contributed by atoms with E-state index in [0.29, 0.717) is 10.9 Å². The van der Waals surface area contributed by atoms with Crippen molar-refractivity contribution in [2.45, 2.75) is 18.9 Å². The largest absolute Gasteiger partial charge is 0.314 e. The Morgan fingerprint density at radius 3 is 2.65 bits per heavy atom. The van der Waals surface area contributed by atoms with Gasteiger partial charge in [0.25, 0.3) is 5.69 Å². The van der Waals surface area contributed by atoms with Crippen LogP contribution < -0.4 is 5.32 Å². The Bertz CT molecular complexity index is 513. The molecule has 0 bridgehead atoms. The maximum atomic E-state index is 11.0. The number of hydrogen-bond acceptors (Lipinski definition) is 4. The van der Waals surface area contributed by atoms with Crippen molar-refractivity contribution in [2.75, 3.05) is 26.2 Å². The lowest BCUT2D eigenvalue weighted by Gasteiger charge is -2.35. The maximum Gasteiger partial charge on any atom is 0.269 e. The molecule has 2 fully saturated rings. The van der Waals surface area contributed by atoms with Crippen LogP contribution in [0.4, 0.5) is 5.69 Å².